The molecular formula is C21H27N3O4S. The molecule has 0 radical (unpaired) electrons. The maximum Gasteiger partial charge on any atom is 0.277 e. The van der Waals surface area contributed by atoms with E-state index in [-0.39, 0.29) is 23.4 Å². The van der Waals surface area contributed by atoms with Crippen LogP contribution in [0.1, 0.15) is 47.1 Å². The molecule has 1 aromatic carbocycles. The molecule has 1 saturated heterocycles. The minimum atomic E-state index is -0.181. The minimum absolute atomic E-state index is 0.00848. The van der Waals surface area contributed by atoms with E-state index in [1.165, 1.54) is 11.8 Å². The third-order valence-electron chi connectivity index (χ3n) is 5.16. The molecular weight excluding hydrogens is 390 g/mol. The summed E-state index contributed by atoms with van der Waals surface area (Å²) < 4.78 is 10.8. The Labute approximate surface area is 175 Å². The number of amides is 1. The molecule has 1 aliphatic heterocycles. The van der Waals surface area contributed by atoms with E-state index in [0.717, 1.165) is 29.7 Å². The molecule has 8 heteroatoms. The largest absolute Gasteiger partial charge is 0.496 e. The fraction of sp³-hybridized carbons (Fsp3) is 0.524. The van der Waals surface area contributed by atoms with Gasteiger partial charge in [0, 0.05) is 31.0 Å². The lowest BCUT2D eigenvalue weighted by Crippen LogP contribution is -2.43. The number of rotatable bonds is 7. The first kappa shape index (κ1) is 21.4. The zero-order valence-electron chi connectivity index (χ0n) is 17.4. The Morgan fingerprint density at radius 2 is 2.00 bits per heavy atom. The van der Waals surface area contributed by atoms with Gasteiger partial charge in [-0.15, -0.1) is 10.2 Å². The lowest BCUT2D eigenvalue weighted by atomic mass is 9.88. The number of methoxy groups -OCH3 is 1. The van der Waals surface area contributed by atoms with Crippen molar-refractivity contribution in [3.63, 3.8) is 0 Å². The molecule has 1 amide bonds. The third kappa shape index (κ3) is 4.98. The summed E-state index contributed by atoms with van der Waals surface area (Å²) >= 11 is 1.24. The molecule has 0 saturated carbocycles. The number of Topliss-reactive ketones (excluding diaryl/α,β-unsaturated/α-hetero) is 1. The molecule has 0 N–H and O–H groups in total. The molecule has 1 aromatic heterocycles. The first-order valence-corrected chi connectivity index (χ1v) is 10.8. The fourth-order valence-corrected chi connectivity index (χ4v) is 4.41. The van der Waals surface area contributed by atoms with Crippen molar-refractivity contribution in [1.29, 1.82) is 0 Å². The SMILES string of the molecule is CCc1nnc(SCC(=O)N2CCCC(C(=O)c3cc(C)c(OC)c(C)c3)C2)o1. The Kier molecular flexibility index (Phi) is 6.95. The van der Waals surface area contributed by atoms with E-state index < -0.39 is 0 Å². The molecule has 7 nitrogen and oxygen atoms in total. The van der Waals surface area contributed by atoms with Crippen LogP contribution in [0.15, 0.2) is 21.8 Å². The summed E-state index contributed by atoms with van der Waals surface area (Å²) in [6, 6.07) is 3.76. The van der Waals surface area contributed by atoms with Gasteiger partial charge in [0.15, 0.2) is 5.78 Å². The first-order valence-electron chi connectivity index (χ1n) is 9.85. The number of aromatic nitrogens is 2. The Bertz CT molecular complexity index is 873. The molecule has 156 valence electrons. The number of ether oxygens (including phenoxy) is 1. The van der Waals surface area contributed by atoms with Crippen molar-refractivity contribution in [2.45, 2.75) is 45.3 Å². The molecule has 3 rings (SSSR count). The maximum absolute atomic E-state index is 13.1. The Hall–Kier alpha value is -2.35. The lowest BCUT2D eigenvalue weighted by Gasteiger charge is -2.32. The number of piperidine rings is 1. The molecule has 0 aliphatic carbocycles. The maximum atomic E-state index is 13.1. The van der Waals surface area contributed by atoms with Crippen molar-refractivity contribution < 1.29 is 18.7 Å². The van der Waals surface area contributed by atoms with Gasteiger partial charge in [-0.3, -0.25) is 9.59 Å². The first-order chi connectivity index (χ1) is 13.9. The Balaban J connectivity index is 1.62. The second kappa shape index (κ2) is 9.43. The van der Waals surface area contributed by atoms with Crippen molar-refractivity contribution in [3.05, 3.63) is 34.7 Å². The van der Waals surface area contributed by atoms with Crippen LogP contribution in [-0.2, 0) is 11.2 Å². The minimum Gasteiger partial charge on any atom is -0.496 e. The number of thioether (sulfide) groups is 1. The van der Waals surface area contributed by atoms with E-state index in [2.05, 4.69) is 10.2 Å². The topological polar surface area (TPSA) is 85.5 Å². The highest BCUT2D eigenvalue weighted by atomic mass is 32.2. The number of ketones is 1. The highest BCUT2D eigenvalue weighted by Gasteiger charge is 2.29. The predicted molar refractivity (Wildman–Crippen MR) is 111 cm³/mol. The van der Waals surface area contributed by atoms with Crippen LogP contribution in [0.3, 0.4) is 0 Å². The molecule has 1 unspecified atom stereocenters. The number of likely N-dealkylation sites (tertiary alicyclic amines) is 1. The van der Waals surface area contributed by atoms with E-state index in [1.807, 2.05) is 32.9 Å². The highest BCUT2D eigenvalue weighted by molar-refractivity contribution is 7.99. The summed E-state index contributed by atoms with van der Waals surface area (Å²) in [6.07, 6.45) is 2.28. The number of hydrogen-bond donors (Lipinski definition) is 0. The van der Waals surface area contributed by atoms with Gasteiger partial charge in [-0.1, -0.05) is 18.7 Å². The summed E-state index contributed by atoms with van der Waals surface area (Å²) in [4.78, 5) is 27.5. The van der Waals surface area contributed by atoms with Crippen molar-refractivity contribution in [2.75, 3.05) is 26.0 Å². The second-order valence-electron chi connectivity index (χ2n) is 7.29. The second-order valence-corrected chi connectivity index (χ2v) is 8.22. The van der Waals surface area contributed by atoms with E-state index in [9.17, 15) is 9.59 Å². The van der Waals surface area contributed by atoms with Crippen LogP contribution in [0.4, 0.5) is 0 Å². The molecule has 29 heavy (non-hydrogen) atoms. The summed E-state index contributed by atoms with van der Waals surface area (Å²) in [7, 11) is 1.64. The van der Waals surface area contributed by atoms with Crippen LogP contribution in [0.2, 0.25) is 0 Å². The third-order valence-corrected chi connectivity index (χ3v) is 5.97. The van der Waals surface area contributed by atoms with Gasteiger partial charge >= 0.3 is 0 Å². The van der Waals surface area contributed by atoms with Crippen LogP contribution in [0.5, 0.6) is 5.75 Å². The van der Waals surface area contributed by atoms with Gasteiger partial charge in [0.05, 0.1) is 12.9 Å². The van der Waals surface area contributed by atoms with Crippen molar-refractivity contribution >= 4 is 23.5 Å². The summed E-state index contributed by atoms with van der Waals surface area (Å²) in [5.74, 6) is 1.51. The van der Waals surface area contributed by atoms with Gasteiger partial charge in [0.1, 0.15) is 5.75 Å². The van der Waals surface area contributed by atoms with E-state index >= 15 is 0 Å². The Morgan fingerprint density at radius 3 is 2.62 bits per heavy atom. The van der Waals surface area contributed by atoms with Gasteiger partial charge in [0.2, 0.25) is 11.8 Å². The quantitative estimate of drug-likeness (QED) is 0.504. The zero-order chi connectivity index (χ0) is 21.0. The average molecular weight is 418 g/mol. The molecule has 0 spiro atoms. The van der Waals surface area contributed by atoms with Crippen LogP contribution in [0.25, 0.3) is 0 Å². The fourth-order valence-electron chi connectivity index (χ4n) is 3.72. The van der Waals surface area contributed by atoms with E-state index in [0.29, 0.717) is 36.2 Å². The van der Waals surface area contributed by atoms with Gasteiger partial charge < -0.3 is 14.1 Å². The van der Waals surface area contributed by atoms with E-state index in [1.54, 1.807) is 12.0 Å². The number of nitrogens with zero attached hydrogens (tertiary/aromatic N) is 3. The van der Waals surface area contributed by atoms with Crippen LogP contribution < -0.4 is 4.74 Å². The number of benzene rings is 1. The molecule has 0 bridgehead atoms. The van der Waals surface area contributed by atoms with Gasteiger partial charge in [-0.25, -0.2) is 0 Å². The van der Waals surface area contributed by atoms with Crippen molar-refractivity contribution in [1.82, 2.24) is 15.1 Å². The smallest absolute Gasteiger partial charge is 0.277 e. The highest BCUT2D eigenvalue weighted by Crippen LogP contribution is 2.28. The predicted octanol–water partition coefficient (Wildman–Crippen LogP) is 3.47. The van der Waals surface area contributed by atoms with Crippen LogP contribution >= 0.6 is 11.8 Å². The summed E-state index contributed by atoms with van der Waals surface area (Å²) in [5.41, 5.74) is 2.58. The van der Waals surface area contributed by atoms with Gasteiger partial charge in [-0.2, -0.15) is 0 Å². The number of aryl methyl sites for hydroxylation is 3. The van der Waals surface area contributed by atoms with Gasteiger partial charge in [0.25, 0.3) is 5.22 Å². The van der Waals surface area contributed by atoms with Crippen molar-refractivity contribution in [2.24, 2.45) is 5.92 Å². The number of carbonyl (C=O) groups is 2. The molecule has 1 fully saturated rings. The molecule has 1 atom stereocenters. The average Bonchev–Trinajstić information content (AvgIpc) is 3.19. The Morgan fingerprint density at radius 1 is 1.28 bits per heavy atom. The lowest BCUT2D eigenvalue weighted by molar-refractivity contribution is -0.129. The van der Waals surface area contributed by atoms with E-state index in [4.69, 9.17) is 9.15 Å². The molecule has 2 heterocycles. The summed E-state index contributed by atoms with van der Waals surface area (Å²) in [5, 5.41) is 8.24. The standard InChI is InChI=1S/C21H27N3O4S/c1-5-17-22-23-21(28-17)29-12-18(25)24-8-6-7-15(11-24)19(26)16-9-13(2)20(27-4)14(3)10-16/h9-10,15H,5-8,11-12H2,1-4H3. The molecule has 1 aliphatic rings. The van der Waals surface area contributed by atoms with Gasteiger partial charge in [-0.05, 0) is 49.9 Å². The number of hydrogen-bond acceptors (Lipinski definition) is 7. The van der Waals surface area contributed by atoms with Crippen LogP contribution in [0, 0.1) is 19.8 Å². The number of carbonyl (C=O) groups excluding carboxylic acids is 2. The molecule has 2 aromatic rings. The van der Waals surface area contributed by atoms with Crippen LogP contribution in [-0.4, -0.2) is 52.7 Å². The zero-order valence-corrected chi connectivity index (χ0v) is 18.2. The normalized spacial score (nSPS) is 16.7. The summed E-state index contributed by atoms with van der Waals surface area (Å²) in [6.45, 7) is 6.94. The van der Waals surface area contributed by atoms with Crippen molar-refractivity contribution in [3.8, 4) is 5.75 Å². The monoisotopic (exact) mass is 417 g/mol.